The second-order valence-electron chi connectivity index (χ2n) is 5.55. The Morgan fingerprint density at radius 1 is 1.17 bits per heavy atom. The molecule has 2 rings (SSSR count). The molecule has 1 N–H and O–H groups in total. The molecule has 24 heavy (non-hydrogen) atoms. The van der Waals surface area contributed by atoms with E-state index in [9.17, 15) is 13.6 Å². The fraction of sp³-hybridized carbons (Fsp3) is 0.333. The molecule has 0 bridgehead atoms. The van der Waals surface area contributed by atoms with Gasteiger partial charge in [-0.2, -0.15) is 13.8 Å². The summed E-state index contributed by atoms with van der Waals surface area (Å²) < 4.78 is 27.3. The molecule has 2 aromatic rings. The summed E-state index contributed by atoms with van der Waals surface area (Å²) in [5, 5.41) is 0.239. The molecule has 0 aliphatic rings. The molecule has 0 aliphatic carbocycles. The van der Waals surface area contributed by atoms with Gasteiger partial charge in [-0.05, 0) is 36.1 Å². The minimum atomic E-state index is -2.88. The summed E-state index contributed by atoms with van der Waals surface area (Å²) in [6.45, 7) is 0.262. The number of benzene rings is 1. The largest absolute Gasteiger partial charge is 0.334 e. The zero-order valence-electron chi connectivity index (χ0n) is 13.7. The predicted molar refractivity (Wildman–Crippen MR) is 88.3 cm³/mol. The fourth-order valence-electron chi connectivity index (χ4n) is 2.42. The van der Waals surface area contributed by atoms with Crippen LogP contribution in [-0.4, -0.2) is 18.0 Å². The van der Waals surface area contributed by atoms with Gasteiger partial charge in [0.25, 0.3) is 0 Å². The van der Waals surface area contributed by atoms with Gasteiger partial charge in [0.05, 0.1) is 5.69 Å². The van der Waals surface area contributed by atoms with Crippen molar-refractivity contribution in [2.24, 2.45) is 0 Å². The molecule has 0 radical (unpaired) electrons. The van der Waals surface area contributed by atoms with Crippen LogP contribution >= 0.6 is 0 Å². The average Bonchev–Trinajstić information content (AvgIpc) is 2.59. The number of hydrogen-bond donors (Lipinski definition) is 1. The van der Waals surface area contributed by atoms with Crippen LogP contribution in [0.2, 0.25) is 0 Å². The third-order valence-electron chi connectivity index (χ3n) is 3.65. The van der Waals surface area contributed by atoms with Gasteiger partial charge < -0.3 is 0 Å². The lowest BCUT2D eigenvalue weighted by atomic mass is 10.0. The molecule has 0 spiro atoms. The Balaban J connectivity index is 1.95. The Labute approximate surface area is 140 Å². The topological polar surface area (TPSA) is 36.2 Å². The minimum absolute atomic E-state index is 0.0763. The van der Waals surface area contributed by atoms with Gasteiger partial charge in [0.2, 0.25) is 6.41 Å². The van der Waals surface area contributed by atoms with Crippen LogP contribution in [0.15, 0.2) is 48.8 Å². The average molecular weight is 334 g/mol. The maximum Gasteiger partial charge on any atom is 0.334 e. The minimum Gasteiger partial charge on any atom is -0.291 e. The van der Waals surface area contributed by atoms with E-state index in [4.69, 9.17) is 0 Å². The summed E-state index contributed by atoms with van der Waals surface area (Å²) in [5.74, 6) is 0. The Morgan fingerprint density at radius 2 is 1.88 bits per heavy atom. The first-order chi connectivity index (χ1) is 11.6. The molecule has 1 aromatic heterocycles. The van der Waals surface area contributed by atoms with Crippen molar-refractivity contribution >= 4 is 12.1 Å². The van der Waals surface area contributed by atoms with E-state index in [2.05, 4.69) is 41.4 Å². The number of anilines is 1. The first kappa shape index (κ1) is 17.8. The molecule has 0 unspecified atom stereocenters. The molecule has 1 heterocycles. The molecular weight excluding hydrogens is 312 g/mol. The highest BCUT2D eigenvalue weighted by molar-refractivity contribution is 5.54. The molecule has 0 fully saturated rings. The number of carbonyl (C=O) groups is 1. The summed E-state index contributed by atoms with van der Waals surface area (Å²) in [6, 6.07) is 11.4. The van der Waals surface area contributed by atoms with Crippen molar-refractivity contribution in [2.45, 2.75) is 39.3 Å². The van der Waals surface area contributed by atoms with Crippen LogP contribution in [-0.2, 0) is 24.2 Å². The van der Waals surface area contributed by atoms with E-state index in [1.807, 2.05) is 6.07 Å². The predicted octanol–water partition coefficient (Wildman–Crippen LogP) is 3.18. The summed E-state index contributed by atoms with van der Waals surface area (Å²) >= 11 is 0. The van der Waals surface area contributed by atoms with Gasteiger partial charge in [0.15, 0.2) is 12.4 Å². The number of alkyl halides is 2. The number of halogens is 2. The molecule has 0 atom stereocenters. The van der Waals surface area contributed by atoms with Crippen LogP contribution in [0.5, 0.6) is 0 Å². The highest BCUT2D eigenvalue weighted by atomic mass is 19.3. The van der Waals surface area contributed by atoms with Crippen molar-refractivity contribution in [1.29, 1.82) is 0 Å². The number of nitrogens with zero attached hydrogens (tertiary/aromatic N) is 2. The van der Waals surface area contributed by atoms with E-state index in [0.29, 0.717) is 5.69 Å². The van der Waals surface area contributed by atoms with Gasteiger partial charge in [-0.3, -0.25) is 10.2 Å². The molecule has 1 amide bonds. The lowest BCUT2D eigenvalue weighted by molar-refractivity contribution is -0.697. The smallest absolute Gasteiger partial charge is 0.291 e. The molecule has 0 saturated heterocycles. The number of carbonyl (C=O) groups excluding carboxylic acids is 1. The Bertz CT molecular complexity index is 647. The monoisotopic (exact) mass is 334 g/mol. The molecule has 0 aliphatic heterocycles. The van der Waals surface area contributed by atoms with E-state index < -0.39 is 6.55 Å². The Hall–Kier alpha value is -2.50. The molecular formula is C18H22F2N3O+. The van der Waals surface area contributed by atoms with Gasteiger partial charge >= 0.3 is 6.55 Å². The third kappa shape index (κ3) is 5.30. The summed E-state index contributed by atoms with van der Waals surface area (Å²) in [6.07, 6.45) is 6.97. The van der Waals surface area contributed by atoms with Gasteiger partial charge in [-0.15, -0.1) is 0 Å². The third-order valence-corrected chi connectivity index (χ3v) is 3.65. The van der Waals surface area contributed by atoms with Crippen molar-refractivity contribution < 1.29 is 18.1 Å². The van der Waals surface area contributed by atoms with Crippen LogP contribution in [0, 0.1) is 0 Å². The number of aryl methyl sites for hydroxylation is 3. The van der Waals surface area contributed by atoms with E-state index in [1.54, 1.807) is 18.2 Å². The summed E-state index contributed by atoms with van der Waals surface area (Å²) in [7, 11) is 0. The van der Waals surface area contributed by atoms with Gasteiger partial charge in [-0.25, -0.2) is 4.57 Å². The number of pyridine rings is 1. The first-order valence-electron chi connectivity index (χ1n) is 7.97. The zero-order chi connectivity index (χ0) is 17.4. The van der Waals surface area contributed by atoms with Crippen LogP contribution in [0.4, 0.5) is 14.5 Å². The second-order valence-corrected chi connectivity index (χ2v) is 5.55. The van der Waals surface area contributed by atoms with E-state index in [-0.39, 0.29) is 11.4 Å². The summed E-state index contributed by atoms with van der Waals surface area (Å²) in [4.78, 5) is 10.6. The molecule has 128 valence electrons. The van der Waals surface area contributed by atoms with Crippen molar-refractivity contribution in [2.75, 3.05) is 5.43 Å². The number of rotatable bonds is 9. The maximum atomic E-state index is 12.6. The quantitative estimate of drug-likeness (QED) is 0.331. The highest BCUT2D eigenvalue weighted by Crippen LogP contribution is 2.15. The van der Waals surface area contributed by atoms with Crippen LogP contribution < -0.4 is 9.99 Å². The van der Waals surface area contributed by atoms with E-state index >= 15 is 0 Å². The van der Waals surface area contributed by atoms with Gasteiger partial charge in [0, 0.05) is 18.6 Å². The standard InChI is InChI=1S/C18H22F2N3O/c1-2-10-22-11-8-15(9-12-22)6-7-16-4-3-5-17(13-16)21-23(14-24)18(19)20/h3-5,8-9,11-14,18,21H,2,6-7,10H2,1H3/q+1. The van der Waals surface area contributed by atoms with Crippen molar-refractivity contribution in [1.82, 2.24) is 5.01 Å². The lowest BCUT2D eigenvalue weighted by Gasteiger charge is -2.18. The SMILES string of the molecule is CCC[n+]1ccc(CCc2cccc(NN(C=O)C(F)F)c2)cc1. The van der Waals surface area contributed by atoms with Crippen LogP contribution in [0.3, 0.4) is 0 Å². The molecule has 4 nitrogen and oxygen atoms in total. The number of hydrazine groups is 1. The number of hydrogen-bond acceptors (Lipinski definition) is 2. The van der Waals surface area contributed by atoms with E-state index in [1.165, 1.54) is 5.56 Å². The normalized spacial score (nSPS) is 10.7. The molecule has 6 heteroatoms. The Kier molecular flexibility index (Phi) is 6.66. The van der Waals surface area contributed by atoms with Gasteiger partial charge in [0.1, 0.15) is 6.54 Å². The number of nitrogens with one attached hydrogen (secondary N) is 1. The second kappa shape index (κ2) is 8.96. The maximum absolute atomic E-state index is 12.6. The summed E-state index contributed by atoms with van der Waals surface area (Å²) in [5.41, 5.74) is 5.11. The van der Waals surface area contributed by atoms with Crippen molar-refractivity contribution in [3.05, 3.63) is 59.9 Å². The number of aromatic nitrogens is 1. The van der Waals surface area contributed by atoms with Gasteiger partial charge in [-0.1, -0.05) is 19.1 Å². The van der Waals surface area contributed by atoms with Crippen LogP contribution in [0.1, 0.15) is 24.5 Å². The number of amides is 1. The Morgan fingerprint density at radius 3 is 2.50 bits per heavy atom. The van der Waals surface area contributed by atoms with Crippen LogP contribution in [0.25, 0.3) is 0 Å². The van der Waals surface area contributed by atoms with Crippen molar-refractivity contribution in [3.8, 4) is 0 Å². The first-order valence-corrected chi connectivity index (χ1v) is 7.97. The highest BCUT2D eigenvalue weighted by Gasteiger charge is 2.13. The zero-order valence-corrected chi connectivity index (χ0v) is 13.7. The lowest BCUT2D eigenvalue weighted by Crippen LogP contribution is -2.33. The van der Waals surface area contributed by atoms with E-state index in [0.717, 1.165) is 31.4 Å². The molecule has 0 saturated carbocycles. The fourth-order valence-corrected chi connectivity index (χ4v) is 2.42. The van der Waals surface area contributed by atoms with Crippen molar-refractivity contribution in [3.63, 3.8) is 0 Å². The molecule has 1 aromatic carbocycles.